The van der Waals surface area contributed by atoms with Gasteiger partial charge < -0.3 is 10.2 Å². The van der Waals surface area contributed by atoms with Gasteiger partial charge in [0, 0.05) is 23.3 Å². The lowest BCUT2D eigenvalue weighted by Gasteiger charge is -2.06. The van der Waals surface area contributed by atoms with Gasteiger partial charge in [-0.3, -0.25) is 0 Å². The van der Waals surface area contributed by atoms with Crippen LogP contribution in [0.1, 0.15) is 16.1 Å². The summed E-state index contributed by atoms with van der Waals surface area (Å²) in [5, 5.41) is 22.2. The summed E-state index contributed by atoms with van der Waals surface area (Å²) in [7, 11) is 0. The Balaban J connectivity index is 2.51. The molecule has 0 saturated carbocycles. The summed E-state index contributed by atoms with van der Waals surface area (Å²) >= 11 is 1.57. The van der Waals surface area contributed by atoms with E-state index in [-0.39, 0.29) is 18.7 Å². The molecule has 0 aliphatic rings. The van der Waals surface area contributed by atoms with Crippen LogP contribution in [0.3, 0.4) is 0 Å². The minimum atomic E-state index is -1.08. The Morgan fingerprint density at radius 3 is 2.79 bits per heavy atom. The summed E-state index contributed by atoms with van der Waals surface area (Å²) in [6.07, 6.45) is 3.90. The Morgan fingerprint density at radius 1 is 1.42 bits per heavy atom. The molecule has 0 fully saturated rings. The third-order valence-electron chi connectivity index (χ3n) is 2.71. The standard InChI is InChI=1S/C13H14N2O3S/c1-19-11-5-3-2-4-10(11)15-8-9(6-7-16)12(14-15)13(17)18/h2-5,8,16H,6-7H2,1H3,(H,17,18). The number of aromatic carboxylic acids is 1. The zero-order valence-corrected chi connectivity index (χ0v) is 11.2. The molecule has 0 atom stereocenters. The molecule has 2 rings (SSSR count). The number of carboxylic acids is 1. The maximum atomic E-state index is 11.1. The highest BCUT2D eigenvalue weighted by molar-refractivity contribution is 7.98. The maximum Gasteiger partial charge on any atom is 0.356 e. The van der Waals surface area contributed by atoms with E-state index in [0.717, 1.165) is 10.6 Å². The number of hydrogen-bond acceptors (Lipinski definition) is 4. The topological polar surface area (TPSA) is 75.4 Å². The van der Waals surface area contributed by atoms with Crippen molar-refractivity contribution in [3.8, 4) is 5.69 Å². The number of rotatable bonds is 5. The Bertz CT molecular complexity index is 595. The Hall–Kier alpha value is -1.79. The van der Waals surface area contributed by atoms with Crippen LogP contribution in [0.5, 0.6) is 0 Å². The summed E-state index contributed by atoms with van der Waals surface area (Å²) in [6, 6.07) is 7.63. The molecule has 6 heteroatoms. The lowest BCUT2D eigenvalue weighted by atomic mass is 10.2. The zero-order chi connectivity index (χ0) is 13.8. The van der Waals surface area contributed by atoms with Crippen molar-refractivity contribution in [2.24, 2.45) is 0 Å². The van der Waals surface area contributed by atoms with Gasteiger partial charge in [-0.15, -0.1) is 11.8 Å². The van der Waals surface area contributed by atoms with Gasteiger partial charge in [0.2, 0.25) is 0 Å². The number of nitrogens with zero attached hydrogens (tertiary/aromatic N) is 2. The molecule has 0 spiro atoms. The predicted octanol–water partition coefficient (Wildman–Crippen LogP) is 1.83. The molecule has 2 N–H and O–H groups in total. The van der Waals surface area contributed by atoms with Crippen LogP contribution in [0.4, 0.5) is 0 Å². The highest BCUT2D eigenvalue weighted by Crippen LogP contribution is 2.24. The van der Waals surface area contributed by atoms with Crippen LogP contribution in [-0.2, 0) is 6.42 Å². The SMILES string of the molecule is CSc1ccccc1-n1cc(CCO)c(C(=O)O)n1. The van der Waals surface area contributed by atoms with Crippen molar-refractivity contribution in [1.82, 2.24) is 9.78 Å². The van der Waals surface area contributed by atoms with Gasteiger partial charge in [-0.25, -0.2) is 9.48 Å². The second-order valence-corrected chi connectivity index (χ2v) is 4.75. The van der Waals surface area contributed by atoms with Crippen molar-refractivity contribution >= 4 is 17.7 Å². The average molecular weight is 278 g/mol. The first-order valence-corrected chi connectivity index (χ1v) is 6.96. The molecule has 1 heterocycles. The van der Waals surface area contributed by atoms with E-state index in [1.54, 1.807) is 22.6 Å². The molecule has 100 valence electrons. The van der Waals surface area contributed by atoms with E-state index >= 15 is 0 Å². The lowest BCUT2D eigenvalue weighted by Crippen LogP contribution is -2.04. The smallest absolute Gasteiger partial charge is 0.356 e. The molecular formula is C13H14N2O3S. The molecule has 0 radical (unpaired) electrons. The zero-order valence-electron chi connectivity index (χ0n) is 10.4. The van der Waals surface area contributed by atoms with Gasteiger partial charge in [0.05, 0.1) is 5.69 Å². The predicted molar refractivity (Wildman–Crippen MR) is 73.1 cm³/mol. The number of benzene rings is 1. The molecule has 1 aromatic heterocycles. The van der Waals surface area contributed by atoms with Crippen molar-refractivity contribution in [2.75, 3.05) is 12.9 Å². The van der Waals surface area contributed by atoms with E-state index in [2.05, 4.69) is 5.10 Å². The summed E-state index contributed by atoms with van der Waals surface area (Å²) in [5.41, 5.74) is 1.36. The fourth-order valence-electron chi connectivity index (χ4n) is 1.84. The summed E-state index contributed by atoms with van der Waals surface area (Å²) in [4.78, 5) is 12.1. The fourth-order valence-corrected chi connectivity index (χ4v) is 2.42. The molecule has 0 bridgehead atoms. The second kappa shape index (κ2) is 5.90. The Morgan fingerprint density at radius 2 is 2.16 bits per heavy atom. The van der Waals surface area contributed by atoms with Gasteiger partial charge in [-0.05, 0) is 24.8 Å². The van der Waals surface area contributed by atoms with Crippen LogP contribution in [0.15, 0.2) is 35.4 Å². The van der Waals surface area contributed by atoms with Crippen LogP contribution >= 0.6 is 11.8 Å². The van der Waals surface area contributed by atoms with Gasteiger partial charge in [-0.2, -0.15) is 5.10 Å². The third-order valence-corrected chi connectivity index (χ3v) is 3.49. The van der Waals surface area contributed by atoms with E-state index in [4.69, 9.17) is 10.2 Å². The highest BCUT2D eigenvalue weighted by atomic mass is 32.2. The highest BCUT2D eigenvalue weighted by Gasteiger charge is 2.16. The number of thioether (sulfide) groups is 1. The van der Waals surface area contributed by atoms with Crippen molar-refractivity contribution < 1.29 is 15.0 Å². The number of carbonyl (C=O) groups is 1. The molecule has 0 aliphatic carbocycles. The van der Waals surface area contributed by atoms with Gasteiger partial charge >= 0.3 is 5.97 Å². The van der Waals surface area contributed by atoms with Gasteiger partial charge in [-0.1, -0.05) is 12.1 Å². The van der Waals surface area contributed by atoms with Crippen molar-refractivity contribution in [1.29, 1.82) is 0 Å². The number of aliphatic hydroxyl groups is 1. The molecule has 0 amide bonds. The van der Waals surface area contributed by atoms with E-state index in [1.165, 1.54) is 0 Å². The maximum absolute atomic E-state index is 11.1. The van der Waals surface area contributed by atoms with E-state index in [9.17, 15) is 4.79 Å². The first kappa shape index (κ1) is 13.6. The van der Waals surface area contributed by atoms with Crippen LogP contribution in [0.2, 0.25) is 0 Å². The molecule has 5 nitrogen and oxygen atoms in total. The molecular weight excluding hydrogens is 264 g/mol. The van der Waals surface area contributed by atoms with E-state index in [1.807, 2.05) is 30.5 Å². The molecule has 19 heavy (non-hydrogen) atoms. The quantitative estimate of drug-likeness (QED) is 0.816. The van der Waals surface area contributed by atoms with Crippen LogP contribution in [0.25, 0.3) is 5.69 Å². The van der Waals surface area contributed by atoms with Crippen molar-refractivity contribution in [3.63, 3.8) is 0 Å². The molecule has 0 unspecified atom stereocenters. The van der Waals surface area contributed by atoms with Crippen molar-refractivity contribution in [2.45, 2.75) is 11.3 Å². The second-order valence-electron chi connectivity index (χ2n) is 3.90. The summed E-state index contributed by atoms with van der Waals surface area (Å²) < 4.78 is 1.56. The third kappa shape index (κ3) is 2.80. The van der Waals surface area contributed by atoms with Crippen LogP contribution in [0, 0.1) is 0 Å². The van der Waals surface area contributed by atoms with Crippen LogP contribution < -0.4 is 0 Å². The Kier molecular flexibility index (Phi) is 4.24. The average Bonchev–Trinajstić information content (AvgIpc) is 2.83. The van der Waals surface area contributed by atoms with Crippen LogP contribution in [-0.4, -0.2) is 38.8 Å². The van der Waals surface area contributed by atoms with Crippen molar-refractivity contribution in [3.05, 3.63) is 41.7 Å². The summed E-state index contributed by atoms with van der Waals surface area (Å²) in [5.74, 6) is -1.08. The Labute approximate surface area is 114 Å². The number of carboxylic acid groups (broad SMARTS) is 1. The molecule has 1 aromatic carbocycles. The van der Waals surface area contributed by atoms with Gasteiger partial charge in [0.1, 0.15) is 0 Å². The van der Waals surface area contributed by atoms with E-state index in [0.29, 0.717) is 5.56 Å². The molecule has 2 aromatic rings. The number of aliphatic hydroxyl groups excluding tert-OH is 1. The van der Waals surface area contributed by atoms with E-state index < -0.39 is 5.97 Å². The molecule has 0 saturated heterocycles. The monoisotopic (exact) mass is 278 g/mol. The number of aromatic nitrogens is 2. The fraction of sp³-hybridized carbons (Fsp3) is 0.231. The largest absolute Gasteiger partial charge is 0.476 e. The first-order valence-electron chi connectivity index (χ1n) is 5.73. The lowest BCUT2D eigenvalue weighted by molar-refractivity contribution is 0.0688. The normalized spacial score (nSPS) is 10.6. The number of hydrogen-bond donors (Lipinski definition) is 2. The van der Waals surface area contributed by atoms with Gasteiger partial charge in [0.25, 0.3) is 0 Å². The number of para-hydroxylation sites is 1. The molecule has 0 aliphatic heterocycles. The minimum Gasteiger partial charge on any atom is -0.476 e. The minimum absolute atomic E-state index is 0.00930. The van der Waals surface area contributed by atoms with Gasteiger partial charge in [0.15, 0.2) is 5.69 Å². The first-order chi connectivity index (χ1) is 9.17. The summed E-state index contributed by atoms with van der Waals surface area (Å²) in [6.45, 7) is -0.101.